The highest BCUT2D eigenvalue weighted by Crippen LogP contribution is 2.27. The van der Waals surface area contributed by atoms with Crippen molar-refractivity contribution in [2.75, 3.05) is 19.6 Å². The van der Waals surface area contributed by atoms with E-state index in [9.17, 15) is 4.79 Å². The first-order valence-electron chi connectivity index (χ1n) is 9.21. The standard InChI is InChI=1S/C22H25N3O/c1-14-11-15(2)20-18(12-14)16(3)21(24-20)22(26)25-10-9-23-19(13-25)17-7-5-4-6-8-17/h4-8,11-12,19,23-24H,9-10,13H2,1-3H3/t19-/m1/s1. The smallest absolute Gasteiger partial charge is 0.270 e. The summed E-state index contributed by atoms with van der Waals surface area (Å²) in [6.45, 7) is 8.46. The van der Waals surface area contributed by atoms with E-state index in [0.717, 1.165) is 35.2 Å². The Kier molecular flexibility index (Phi) is 4.29. The van der Waals surface area contributed by atoms with E-state index in [4.69, 9.17) is 0 Å². The van der Waals surface area contributed by atoms with E-state index >= 15 is 0 Å². The van der Waals surface area contributed by atoms with Gasteiger partial charge in [0.15, 0.2) is 0 Å². The van der Waals surface area contributed by atoms with E-state index in [1.54, 1.807) is 0 Å². The van der Waals surface area contributed by atoms with Crippen LogP contribution in [0.25, 0.3) is 10.9 Å². The Morgan fingerprint density at radius 2 is 1.88 bits per heavy atom. The maximum atomic E-state index is 13.2. The van der Waals surface area contributed by atoms with Crippen molar-refractivity contribution in [3.8, 4) is 0 Å². The lowest BCUT2D eigenvalue weighted by Gasteiger charge is -2.34. The van der Waals surface area contributed by atoms with Crippen molar-refractivity contribution >= 4 is 16.8 Å². The minimum Gasteiger partial charge on any atom is -0.350 e. The number of fused-ring (bicyclic) bond motifs is 1. The Hall–Kier alpha value is -2.59. The molecule has 2 aromatic carbocycles. The molecule has 4 heteroatoms. The summed E-state index contributed by atoms with van der Waals surface area (Å²) in [4.78, 5) is 18.6. The van der Waals surface area contributed by atoms with Crippen molar-refractivity contribution in [3.05, 3.63) is 70.4 Å². The summed E-state index contributed by atoms with van der Waals surface area (Å²) in [7, 11) is 0. The van der Waals surface area contributed by atoms with Gasteiger partial charge in [-0.25, -0.2) is 0 Å². The van der Waals surface area contributed by atoms with Crippen LogP contribution >= 0.6 is 0 Å². The van der Waals surface area contributed by atoms with Gasteiger partial charge in [0.2, 0.25) is 0 Å². The fourth-order valence-corrected chi connectivity index (χ4v) is 4.00. The van der Waals surface area contributed by atoms with Crippen LogP contribution in [0, 0.1) is 20.8 Å². The van der Waals surface area contributed by atoms with Gasteiger partial charge in [-0.1, -0.05) is 42.0 Å². The quantitative estimate of drug-likeness (QED) is 0.739. The zero-order valence-electron chi connectivity index (χ0n) is 15.6. The number of hydrogen-bond donors (Lipinski definition) is 2. The summed E-state index contributed by atoms with van der Waals surface area (Å²) >= 11 is 0. The Labute approximate surface area is 154 Å². The summed E-state index contributed by atoms with van der Waals surface area (Å²) in [5, 5.41) is 4.68. The molecule has 1 aliphatic heterocycles. The number of nitrogens with one attached hydrogen (secondary N) is 2. The van der Waals surface area contributed by atoms with Crippen molar-refractivity contribution in [2.24, 2.45) is 0 Å². The van der Waals surface area contributed by atoms with Crippen LogP contribution in [-0.2, 0) is 0 Å². The van der Waals surface area contributed by atoms with Crippen LogP contribution in [0.3, 0.4) is 0 Å². The molecule has 1 amide bonds. The number of aromatic nitrogens is 1. The van der Waals surface area contributed by atoms with E-state index in [2.05, 4.69) is 48.4 Å². The van der Waals surface area contributed by atoms with Gasteiger partial charge in [0.05, 0.1) is 0 Å². The highest BCUT2D eigenvalue weighted by atomic mass is 16.2. The summed E-state index contributed by atoms with van der Waals surface area (Å²) in [6, 6.07) is 14.8. The third kappa shape index (κ3) is 2.90. The largest absolute Gasteiger partial charge is 0.350 e. The fraction of sp³-hybridized carbons (Fsp3) is 0.318. The maximum absolute atomic E-state index is 13.2. The number of piperazine rings is 1. The Morgan fingerprint density at radius 1 is 1.12 bits per heavy atom. The second-order valence-electron chi connectivity index (χ2n) is 7.30. The first kappa shape index (κ1) is 16.9. The summed E-state index contributed by atoms with van der Waals surface area (Å²) in [5.41, 5.74) is 6.48. The predicted molar refractivity (Wildman–Crippen MR) is 106 cm³/mol. The first-order chi connectivity index (χ1) is 12.5. The van der Waals surface area contributed by atoms with E-state index in [1.165, 1.54) is 16.7 Å². The maximum Gasteiger partial charge on any atom is 0.270 e. The number of nitrogens with zero attached hydrogens (tertiary/aromatic N) is 1. The average Bonchev–Trinajstić information content (AvgIpc) is 2.99. The molecule has 2 N–H and O–H groups in total. The molecule has 134 valence electrons. The number of rotatable bonds is 2. The lowest BCUT2D eigenvalue weighted by Crippen LogP contribution is -2.48. The number of H-pyrrole nitrogens is 1. The molecule has 0 saturated carbocycles. The molecular formula is C22H25N3O. The third-order valence-corrected chi connectivity index (χ3v) is 5.39. The molecule has 0 aliphatic carbocycles. The topological polar surface area (TPSA) is 48.1 Å². The van der Waals surface area contributed by atoms with Crippen LogP contribution in [-0.4, -0.2) is 35.4 Å². The van der Waals surface area contributed by atoms with E-state index in [0.29, 0.717) is 6.54 Å². The Balaban J connectivity index is 1.64. The van der Waals surface area contributed by atoms with Crippen molar-refractivity contribution in [3.63, 3.8) is 0 Å². The minimum absolute atomic E-state index is 0.0955. The van der Waals surface area contributed by atoms with E-state index < -0.39 is 0 Å². The zero-order chi connectivity index (χ0) is 18.3. The molecular weight excluding hydrogens is 322 g/mol. The molecule has 1 aliphatic rings. The van der Waals surface area contributed by atoms with Crippen LogP contribution in [0.2, 0.25) is 0 Å². The molecule has 3 aromatic rings. The monoisotopic (exact) mass is 347 g/mol. The average molecular weight is 347 g/mol. The molecule has 1 fully saturated rings. The van der Waals surface area contributed by atoms with E-state index in [1.807, 2.05) is 30.0 Å². The normalized spacial score (nSPS) is 17.7. The third-order valence-electron chi connectivity index (χ3n) is 5.39. The van der Waals surface area contributed by atoms with Crippen LogP contribution in [0.15, 0.2) is 42.5 Å². The van der Waals surface area contributed by atoms with Gasteiger partial charge in [0.25, 0.3) is 5.91 Å². The number of aromatic amines is 1. The number of carbonyl (C=O) groups excluding carboxylic acids is 1. The number of amides is 1. The molecule has 0 spiro atoms. The van der Waals surface area contributed by atoms with Gasteiger partial charge < -0.3 is 15.2 Å². The highest BCUT2D eigenvalue weighted by molar-refractivity contribution is 6.01. The molecule has 0 unspecified atom stereocenters. The van der Waals surface area contributed by atoms with Crippen molar-refractivity contribution in [1.29, 1.82) is 0 Å². The van der Waals surface area contributed by atoms with Crippen LogP contribution < -0.4 is 5.32 Å². The molecule has 1 atom stereocenters. The lowest BCUT2D eigenvalue weighted by atomic mass is 10.0. The molecule has 0 radical (unpaired) electrons. The molecule has 1 aromatic heterocycles. The second kappa shape index (κ2) is 6.61. The molecule has 1 saturated heterocycles. The molecule has 2 heterocycles. The van der Waals surface area contributed by atoms with Gasteiger partial charge in [-0.05, 0) is 43.5 Å². The van der Waals surface area contributed by atoms with Crippen LogP contribution in [0.4, 0.5) is 0 Å². The first-order valence-corrected chi connectivity index (χ1v) is 9.21. The van der Waals surface area contributed by atoms with Crippen molar-refractivity contribution in [1.82, 2.24) is 15.2 Å². The molecule has 0 bridgehead atoms. The summed E-state index contributed by atoms with van der Waals surface area (Å²) in [6.07, 6.45) is 0. The van der Waals surface area contributed by atoms with Gasteiger partial charge in [0, 0.05) is 36.6 Å². The molecule has 4 rings (SSSR count). The van der Waals surface area contributed by atoms with E-state index in [-0.39, 0.29) is 11.9 Å². The summed E-state index contributed by atoms with van der Waals surface area (Å²) in [5.74, 6) is 0.0955. The van der Waals surface area contributed by atoms with Crippen molar-refractivity contribution in [2.45, 2.75) is 26.8 Å². The Morgan fingerprint density at radius 3 is 2.65 bits per heavy atom. The van der Waals surface area contributed by atoms with Crippen LogP contribution in [0.1, 0.15) is 38.8 Å². The molecule has 26 heavy (non-hydrogen) atoms. The molecule has 4 nitrogen and oxygen atoms in total. The highest BCUT2D eigenvalue weighted by Gasteiger charge is 2.27. The summed E-state index contributed by atoms with van der Waals surface area (Å²) < 4.78 is 0. The van der Waals surface area contributed by atoms with Gasteiger partial charge >= 0.3 is 0 Å². The lowest BCUT2D eigenvalue weighted by molar-refractivity contribution is 0.0697. The SMILES string of the molecule is Cc1cc(C)c2[nH]c(C(=O)N3CCN[C@@H](c4ccccc4)C3)c(C)c2c1. The van der Waals surface area contributed by atoms with Gasteiger partial charge in [-0.2, -0.15) is 0 Å². The van der Waals surface area contributed by atoms with Crippen molar-refractivity contribution < 1.29 is 4.79 Å². The van der Waals surface area contributed by atoms with Gasteiger partial charge in [0.1, 0.15) is 5.69 Å². The fourth-order valence-electron chi connectivity index (χ4n) is 4.00. The minimum atomic E-state index is 0.0955. The number of aryl methyl sites for hydroxylation is 3. The Bertz CT molecular complexity index is 958. The number of benzene rings is 2. The van der Waals surface area contributed by atoms with Crippen LogP contribution in [0.5, 0.6) is 0 Å². The number of carbonyl (C=O) groups is 1. The van der Waals surface area contributed by atoms with Gasteiger partial charge in [-0.3, -0.25) is 4.79 Å². The predicted octanol–water partition coefficient (Wildman–Crippen LogP) is 3.88. The second-order valence-corrected chi connectivity index (χ2v) is 7.30. The number of hydrogen-bond acceptors (Lipinski definition) is 2. The zero-order valence-corrected chi connectivity index (χ0v) is 15.6. The van der Waals surface area contributed by atoms with Gasteiger partial charge in [-0.15, -0.1) is 0 Å².